The van der Waals surface area contributed by atoms with Crippen LogP contribution in [0.3, 0.4) is 0 Å². The average molecular weight is 608 g/mol. The molecule has 0 aromatic heterocycles. The van der Waals surface area contributed by atoms with Crippen molar-refractivity contribution in [3.05, 3.63) is 179 Å². The summed E-state index contributed by atoms with van der Waals surface area (Å²) in [6.07, 6.45) is 3.67. The zero-order valence-corrected chi connectivity index (χ0v) is 27.6. The Kier molecular flexibility index (Phi) is 6.22. The second-order valence-corrected chi connectivity index (χ2v) is 14.6. The average Bonchev–Trinajstić information content (AvgIpc) is 3.52. The smallest absolute Gasteiger partial charge is 0.0713 e. The summed E-state index contributed by atoms with van der Waals surface area (Å²) in [4.78, 5) is 2.68. The molecule has 1 saturated carbocycles. The fourth-order valence-electron chi connectivity index (χ4n) is 9.82. The number of hydrogen-bond acceptors (Lipinski definition) is 1. The van der Waals surface area contributed by atoms with E-state index in [0.717, 1.165) is 0 Å². The minimum absolute atomic E-state index is 0.0226. The maximum absolute atomic E-state index is 2.68. The predicted molar refractivity (Wildman–Crippen MR) is 197 cm³/mol. The van der Waals surface area contributed by atoms with Gasteiger partial charge in [-0.05, 0) is 113 Å². The van der Waals surface area contributed by atoms with Crippen molar-refractivity contribution in [3.8, 4) is 22.3 Å². The highest BCUT2D eigenvalue weighted by atomic mass is 15.3. The summed E-state index contributed by atoms with van der Waals surface area (Å²) < 4.78 is 0. The van der Waals surface area contributed by atoms with Crippen LogP contribution in [0.2, 0.25) is 0 Å². The van der Waals surface area contributed by atoms with Gasteiger partial charge in [-0.25, -0.2) is 0 Å². The van der Waals surface area contributed by atoms with Crippen LogP contribution in [0.1, 0.15) is 67.9 Å². The minimum Gasteiger partial charge on any atom is -0.334 e. The topological polar surface area (TPSA) is 3.24 Å². The quantitative estimate of drug-likeness (QED) is 0.192. The van der Waals surface area contributed by atoms with Crippen LogP contribution in [-0.4, -0.2) is 5.54 Å². The van der Waals surface area contributed by atoms with E-state index in [2.05, 4.69) is 177 Å². The summed E-state index contributed by atoms with van der Waals surface area (Å²) in [7, 11) is 0. The highest BCUT2D eigenvalue weighted by Crippen LogP contribution is 2.62. The summed E-state index contributed by atoms with van der Waals surface area (Å²) in [5.41, 5.74) is 14.5. The van der Waals surface area contributed by atoms with E-state index in [0.29, 0.717) is 5.92 Å². The molecule has 0 saturated heterocycles. The Labute approximate surface area is 279 Å². The molecule has 6 aromatic rings. The Morgan fingerprint density at radius 3 is 1.83 bits per heavy atom. The molecular weight excluding hydrogens is 567 g/mol. The van der Waals surface area contributed by atoms with Gasteiger partial charge in [-0.2, -0.15) is 0 Å². The van der Waals surface area contributed by atoms with Gasteiger partial charge in [0.2, 0.25) is 0 Å². The van der Waals surface area contributed by atoms with Crippen molar-refractivity contribution in [1.82, 2.24) is 0 Å². The highest BCUT2D eigenvalue weighted by Gasteiger charge is 2.58. The van der Waals surface area contributed by atoms with Gasteiger partial charge in [0.05, 0.1) is 11.0 Å². The Morgan fingerprint density at radius 1 is 0.553 bits per heavy atom. The summed E-state index contributed by atoms with van der Waals surface area (Å²) in [6.45, 7) is 7.50. The highest BCUT2D eigenvalue weighted by molar-refractivity contribution is 5.89. The molecule has 0 N–H and O–H groups in total. The van der Waals surface area contributed by atoms with Crippen molar-refractivity contribution in [3.63, 3.8) is 0 Å². The van der Waals surface area contributed by atoms with Gasteiger partial charge < -0.3 is 4.90 Å². The monoisotopic (exact) mass is 607 g/mol. The molecule has 0 bridgehead atoms. The van der Waals surface area contributed by atoms with Gasteiger partial charge in [0, 0.05) is 16.8 Å². The predicted octanol–water partition coefficient (Wildman–Crippen LogP) is 11.7. The van der Waals surface area contributed by atoms with Crippen LogP contribution in [0.5, 0.6) is 0 Å². The molecule has 3 unspecified atom stereocenters. The third kappa shape index (κ3) is 3.83. The van der Waals surface area contributed by atoms with Crippen molar-refractivity contribution >= 4 is 11.4 Å². The first kappa shape index (κ1) is 28.4. The molecule has 1 heteroatoms. The van der Waals surface area contributed by atoms with Gasteiger partial charge in [0.25, 0.3) is 0 Å². The van der Waals surface area contributed by atoms with Crippen LogP contribution in [-0.2, 0) is 10.8 Å². The summed E-state index contributed by atoms with van der Waals surface area (Å²) in [5, 5.41) is 0. The van der Waals surface area contributed by atoms with Crippen molar-refractivity contribution < 1.29 is 0 Å². The molecule has 230 valence electrons. The number of benzene rings is 6. The molecular formula is C46H41N. The molecule has 9 rings (SSSR count). The van der Waals surface area contributed by atoms with Crippen molar-refractivity contribution in [2.45, 2.75) is 56.4 Å². The standard InChI is InChI=1S/C46H41N/c1-32-27-28-44(2)42-30-34(24-26-43(42)47(45(44,3)31-32)37-19-11-6-12-20-37)33-23-25-41-39(29-33)38-21-13-14-22-40(38)46(41,35-15-7-4-8-16-35)36-17-9-5-10-18-36/h4-26,29-30,32H,27-28,31H2,1-3H3. The molecule has 1 aliphatic heterocycles. The van der Waals surface area contributed by atoms with E-state index in [1.54, 1.807) is 0 Å². The molecule has 0 radical (unpaired) electrons. The lowest BCUT2D eigenvalue weighted by molar-refractivity contribution is 0.154. The van der Waals surface area contributed by atoms with E-state index in [1.165, 1.54) is 80.7 Å². The second-order valence-electron chi connectivity index (χ2n) is 14.6. The Hall–Kier alpha value is -4.88. The van der Waals surface area contributed by atoms with E-state index in [9.17, 15) is 0 Å². The molecule has 3 aliphatic rings. The molecule has 2 aliphatic carbocycles. The van der Waals surface area contributed by atoms with E-state index in [1.807, 2.05) is 0 Å². The third-order valence-electron chi connectivity index (χ3n) is 12.2. The number of anilines is 2. The molecule has 3 atom stereocenters. The largest absolute Gasteiger partial charge is 0.334 e. The van der Waals surface area contributed by atoms with E-state index < -0.39 is 0 Å². The summed E-state index contributed by atoms with van der Waals surface area (Å²) in [5.74, 6) is 0.708. The zero-order valence-electron chi connectivity index (χ0n) is 27.6. The molecule has 1 nitrogen and oxygen atoms in total. The molecule has 47 heavy (non-hydrogen) atoms. The molecule has 1 heterocycles. The lowest BCUT2D eigenvalue weighted by Gasteiger charge is -2.52. The molecule has 6 aromatic carbocycles. The fourth-order valence-corrected chi connectivity index (χ4v) is 9.82. The van der Waals surface area contributed by atoms with Gasteiger partial charge in [0.15, 0.2) is 0 Å². The number of para-hydroxylation sites is 1. The first-order valence-electron chi connectivity index (χ1n) is 17.3. The number of fused-ring (bicyclic) bond motifs is 6. The van der Waals surface area contributed by atoms with Crippen LogP contribution in [0, 0.1) is 5.92 Å². The van der Waals surface area contributed by atoms with E-state index in [4.69, 9.17) is 0 Å². The van der Waals surface area contributed by atoms with Gasteiger partial charge >= 0.3 is 0 Å². The van der Waals surface area contributed by atoms with Gasteiger partial charge in [-0.1, -0.05) is 135 Å². The van der Waals surface area contributed by atoms with Gasteiger partial charge in [-0.15, -0.1) is 0 Å². The Bertz CT molecular complexity index is 2070. The maximum atomic E-state index is 2.68. The molecule has 0 amide bonds. The number of nitrogens with zero attached hydrogens (tertiary/aromatic N) is 1. The van der Waals surface area contributed by atoms with Gasteiger partial charge in [0.1, 0.15) is 0 Å². The van der Waals surface area contributed by atoms with Crippen molar-refractivity contribution in [1.29, 1.82) is 0 Å². The van der Waals surface area contributed by atoms with Crippen LogP contribution < -0.4 is 4.90 Å². The lowest BCUT2D eigenvalue weighted by Crippen LogP contribution is -2.56. The van der Waals surface area contributed by atoms with Crippen LogP contribution in [0.4, 0.5) is 11.4 Å². The first-order chi connectivity index (χ1) is 22.9. The molecule has 0 spiro atoms. The minimum atomic E-state index is -0.366. The number of hydrogen-bond donors (Lipinski definition) is 0. The SMILES string of the molecule is CC1CCC2(C)c3cc(-c4ccc5c(c4)-c4ccccc4C5(c4ccccc4)c4ccccc4)ccc3N(c3ccccc3)C2(C)C1. The zero-order chi connectivity index (χ0) is 31.8. The first-order valence-corrected chi connectivity index (χ1v) is 17.3. The maximum Gasteiger partial charge on any atom is 0.0713 e. The van der Waals surface area contributed by atoms with E-state index >= 15 is 0 Å². The Morgan fingerprint density at radius 2 is 1.13 bits per heavy atom. The number of rotatable bonds is 4. The van der Waals surface area contributed by atoms with Crippen LogP contribution in [0.25, 0.3) is 22.3 Å². The van der Waals surface area contributed by atoms with Gasteiger partial charge in [-0.3, -0.25) is 0 Å². The van der Waals surface area contributed by atoms with Crippen LogP contribution in [0.15, 0.2) is 152 Å². The Balaban J connectivity index is 1.24. The lowest BCUT2D eigenvalue weighted by atomic mass is 9.59. The fraction of sp³-hybridized carbons (Fsp3) is 0.217. The molecule has 1 fully saturated rings. The van der Waals surface area contributed by atoms with Crippen molar-refractivity contribution in [2.24, 2.45) is 5.92 Å². The summed E-state index contributed by atoms with van der Waals surface area (Å²) in [6, 6.07) is 56.9. The second kappa shape index (κ2) is 10.3. The summed E-state index contributed by atoms with van der Waals surface area (Å²) >= 11 is 0. The normalized spacial score (nSPS) is 23.5. The third-order valence-corrected chi connectivity index (χ3v) is 12.2. The van der Waals surface area contributed by atoms with E-state index in [-0.39, 0.29) is 16.4 Å². The van der Waals surface area contributed by atoms with Crippen molar-refractivity contribution in [2.75, 3.05) is 4.90 Å². The van der Waals surface area contributed by atoms with Crippen LogP contribution >= 0.6 is 0 Å².